The molecule has 1 aliphatic heterocycles. The Morgan fingerprint density at radius 1 is 1.50 bits per heavy atom. The smallest absolute Gasteiger partial charge is 0.264 e. The molecule has 0 bridgehead atoms. The minimum atomic E-state index is -0.371. The zero-order valence-electron chi connectivity index (χ0n) is 10.7. The third-order valence-electron chi connectivity index (χ3n) is 2.95. The first kappa shape index (κ1) is 13.5. The van der Waals surface area contributed by atoms with Crippen molar-refractivity contribution in [3.05, 3.63) is 33.1 Å². The van der Waals surface area contributed by atoms with Crippen molar-refractivity contribution in [3.8, 4) is 0 Å². The number of hydrogen-bond donors (Lipinski definition) is 0. The van der Waals surface area contributed by atoms with Crippen LogP contribution in [0.4, 0.5) is 0 Å². The Kier molecular flexibility index (Phi) is 3.73. The minimum Gasteiger partial charge on any atom is -0.423 e. The molecule has 0 unspecified atom stereocenters. The van der Waals surface area contributed by atoms with Gasteiger partial charge in [-0.15, -0.1) is 21.5 Å². The molecule has 2 aromatic rings. The van der Waals surface area contributed by atoms with Gasteiger partial charge < -0.3 is 14.1 Å². The number of aromatic nitrogens is 2. The van der Waals surface area contributed by atoms with Crippen LogP contribution in [-0.2, 0) is 4.74 Å². The normalized spacial score (nSPS) is 19.3. The van der Waals surface area contributed by atoms with Crippen molar-refractivity contribution in [2.75, 3.05) is 19.7 Å². The lowest BCUT2D eigenvalue weighted by molar-refractivity contribution is -0.0347. The summed E-state index contributed by atoms with van der Waals surface area (Å²) in [6.07, 6.45) is -0.371. The van der Waals surface area contributed by atoms with Crippen molar-refractivity contribution >= 4 is 28.8 Å². The topological polar surface area (TPSA) is 68.5 Å². The average Bonchev–Trinajstić information content (AvgIpc) is 3.07. The Labute approximate surface area is 124 Å². The van der Waals surface area contributed by atoms with Gasteiger partial charge in [-0.1, -0.05) is 11.6 Å². The molecule has 0 spiro atoms. The molecule has 1 atom stereocenters. The Hall–Kier alpha value is -1.44. The number of nitrogens with zero attached hydrogens (tertiary/aromatic N) is 3. The largest absolute Gasteiger partial charge is 0.423 e. The summed E-state index contributed by atoms with van der Waals surface area (Å²) in [6.45, 7) is 3.10. The quantitative estimate of drug-likeness (QED) is 0.851. The molecule has 106 valence electrons. The van der Waals surface area contributed by atoms with E-state index in [1.165, 1.54) is 11.3 Å². The van der Waals surface area contributed by atoms with E-state index in [2.05, 4.69) is 10.2 Å². The van der Waals surface area contributed by atoms with E-state index in [4.69, 9.17) is 20.8 Å². The summed E-state index contributed by atoms with van der Waals surface area (Å²) in [5.74, 6) is 0.840. The molecule has 8 heteroatoms. The second kappa shape index (κ2) is 5.51. The molecule has 1 fully saturated rings. The van der Waals surface area contributed by atoms with Gasteiger partial charge in [0.05, 0.1) is 22.4 Å². The van der Waals surface area contributed by atoms with Crippen LogP contribution >= 0.6 is 22.9 Å². The third-order valence-corrected chi connectivity index (χ3v) is 4.17. The molecule has 0 radical (unpaired) electrons. The van der Waals surface area contributed by atoms with Crippen LogP contribution in [0.1, 0.15) is 27.6 Å². The summed E-state index contributed by atoms with van der Waals surface area (Å²) in [7, 11) is 0. The van der Waals surface area contributed by atoms with E-state index < -0.39 is 0 Å². The van der Waals surface area contributed by atoms with Crippen LogP contribution in [0.15, 0.2) is 16.5 Å². The fraction of sp³-hybridized carbons (Fsp3) is 0.417. The second-order valence-electron chi connectivity index (χ2n) is 4.37. The van der Waals surface area contributed by atoms with E-state index >= 15 is 0 Å². The highest BCUT2D eigenvalue weighted by atomic mass is 35.5. The van der Waals surface area contributed by atoms with Gasteiger partial charge in [-0.05, 0) is 12.1 Å². The van der Waals surface area contributed by atoms with Gasteiger partial charge in [0.1, 0.15) is 0 Å². The number of rotatable bonds is 2. The second-order valence-corrected chi connectivity index (χ2v) is 6.09. The van der Waals surface area contributed by atoms with Crippen LogP contribution in [-0.4, -0.2) is 40.7 Å². The summed E-state index contributed by atoms with van der Waals surface area (Å²) in [5.41, 5.74) is 0. The lowest BCUT2D eigenvalue weighted by atomic mass is 10.2. The van der Waals surface area contributed by atoms with Crippen LogP contribution in [0.3, 0.4) is 0 Å². The first-order valence-electron chi connectivity index (χ1n) is 6.09. The lowest BCUT2D eigenvalue weighted by Crippen LogP contribution is -2.42. The van der Waals surface area contributed by atoms with E-state index in [0.29, 0.717) is 40.7 Å². The predicted octanol–water partition coefficient (Wildman–Crippen LogP) is 2.31. The Balaban J connectivity index is 1.73. The Bertz CT molecular complexity index is 627. The number of ether oxygens (including phenoxy) is 1. The monoisotopic (exact) mass is 313 g/mol. The number of carbonyl (C=O) groups excluding carboxylic acids is 1. The molecule has 20 heavy (non-hydrogen) atoms. The molecule has 6 nitrogen and oxygen atoms in total. The fourth-order valence-corrected chi connectivity index (χ4v) is 3.02. The van der Waals surface area contributed by atoms with Gasteiger partial charge in [0.25, 0.3) is 5.91 Å². The van der Waals surface area contributed by atoms with Crippen LogP contribution < -0.4 is 0 Å². The van der Waals surface area contributed by atoms with Crippen LogP contribution in [0.5, 0.6) is 0 Å². The maximum Gasteiger partial charge on any atom is 0.264 e. The summed E-state index contributed by atoms with van der Waals surface area (Å²) < 4.78 is 11.5. The molecule has 0 N–H and O–H groups in total. The summed E-state index contributed by atoms with van der Waals surface area (Å²) >= 11 is 7.13. The molecule has 0 saturated carbocycles. The molecule has 3 heterocycles. The van der Waals surface area contributed by atoms with Crippen molar-refractivity contribution in [2.24, 2.45) is 0 Å². The Morgan fingerprint density at radius 3 is 3.00 bits per heavy atom. The van der Waals surface area contributed by atoms with Crippen molar-refractivity contribution in [2.45, 2.75) is 13.0 Å². The number of carbonyl (C=O) groups is 1. The number of halogens is 1. The number of hydrogen-bond acceptors (Lipinski definition) is 6. The predicted molar refractivity (Wildman–Crippen MR) is 73.0 cm³/mol. The third kappa shape index (κ3) is 2.70. The first-order chi connectivity index (χ1) is 9.63. The highest BCUT2D eigenvalue weighted by Gasteiger charge is 2.29. The van der Waals surface area contributed by atoms with E-state index in [1.54, 1.807) is 24.0 Å². The summed E-state index contributed by atoms with van der Waals surface area (Å²) in [6, 6.07) is 3.45. The van der Waals surface area contributed by atoms with Gasteiger partial charge in [0, 0.05) is 13.5 Å². The highest BCUT2D eigenvalue weighted by molar-refractivity contribution is 7.17. The van der Waals surface area contributed by atoms with E-state index in [0.717, 1.165) is 0 Å². The van der Waals surface area contributed by atoms with Gasteiger partial charge in [0.2, 0.25) is 11.8 Å². The number of thiophene rings is 1. The van der Waals surface area contributed by atoms with Crippen LogP contribution in [0, 0.1) is 6.92 Å². The van der Waals surface area contributed by atoms with Gasteiger partial charge in [0.15, 0.2) is 6.10 Å². The first-order valence-corrected chi connectivity index (χ1v) is 7.29. The number of amides is 1. The van der Waals surface area contributed by atoms with Gasteiger partial charge in [-0.3, -0.25) is 4.79 Å². The van der Waals surface area contributed by atoms with Crippen molar-refractivity contribution in [1.29, 1.82) is 0 Å². The molecular formula is C12H12ClN3O3S. The van der Waals surface area contributed by atoms with Gasteiger partial charge in [-0.2, -0.15) is 0 Å². The maximum atomic E-state index is 12.4. The van der Waals surface area contributed by atoms with Crippen LogP contribution in [0.2, 0.25) is 4.34 Å². The van der Waals surface area contributed by atoms with E-state index in [9.17, 15) is 4.79 Å². The fourth-order valence-electron chi connectivity index (χ4n) is 2.01. The molecule has 0 aromatic carbocycles. The molecule has 1 amide bonds. The van der Waals surface area contributed by atoms with E-state index in [1.807, 2.05) is 0 Å². The number of morpholine rings is 1. The molecule has 1 saturated heterocycles. The maximum absolute atomic E-state index is 12.4. The zero-order valence-corrected chi connectivity index (χ0v) is 12.3. The molecule has 3 rings (SSSR count). The summed E-state index contributed by atoms with van der Waals surface area (Å²) in [4.78, 5) is 14.7. The molecule has 1 aliphatic rings. The van der Waals surface area contributed by atoms with Crippen molar-refractivity contribution in [1.82, 2.24) is 15.1 Å². The average molecular weight is 314 g/mol. The lowest BCUT2D eigenvalue weighted by Gasteiger charge is -2.30. The number of aryl methyl sites for hydroxylation is 1. The van der Waals surface area contributed by atoms with Crippen LogP contribution in [0.25, 0.3) is 0 Å². The Morgan fingerprint density at radius 2 is 2.35 bits per heavy atom. The molecule has 2 aromatic heterocycles. The van der Waals surface area contributed by atoms with Gasteiger partial charge in [-0.25, -0.2) is 0 Å². The van der Waals surface area contributed by atoms with E-state index in [-0.39, 0.29) is 12.0 Å². The molecular weight excluding hydrogens is 302 g/mol. The SMILES string of the molecule is Cc1nnc([C@@H]2CN(C(=O)c3ccc(Cl)s3)CCO2)o1. The standard InChI is InChI=1S/C12H12ClN3O3S/c1-7-14-15-11(19-7)8-6-16(4-5-18-8)12(17)9-2-3-10(13)20-9/h2-3,8H,4-6H2,1H3/t8-/m0/s1. The summed E-state index contributed by atoms with van der Waals surface area (Å²) in [5, 5.41) is 7.72. The van der Waals surface area contributed by atoms with Crippen molar-refractivity contribution in [3.63, 3.8) is 0 Å². The zero-order chi connectivity index (χ0) is 14.1. The molecule has 0 aliphatic carbocycles. The minimum absolute atomic E-state index is 0.0496. The van der Waals surface area contributed by atoms with Crippen molar-refractivity contribution < 1.29 is 13.9 Å². The van der Waals surface area contributed by atoms with Gasteiger partial charge >= 0.3 is 0 Å². The highest BCUT2D eigenvalue weighted by Crippen LogP contribution is 2.26.